The van der Waals surface area contributed by atoms with Gasteiger partial charge in [-0.1, -0.05) is 30.3 Å². The molecule has 0 aromatic heterocycles. The van der Waals surface area contributed by atoms with Crippen LogP contribution in [-0.2, 0) is 0 Å². The Morgan fingerprint density at radius 1 is 0.944 bits per heavy atom. The standard InChI is InChI=1S/C14H13F2NS/c15-11-6-2-1-5-10(11)14(9-17)18-13-8-4-3-7-12(13)16/h1-8,14H,9,17H2. The van der Waals surface area contributed by atoms with Gasteiger partial charge in [-0.05, 0) is 18.2 Å². The third-order valence-electron chi connectivity index (χ3n) is 2.57. The zero-order chi connectivity index (χ0) is 13.0. The molecule has 1 atom stereocenters. The van der Waals surface area contributed by atoms with Gasteiger partial charge in [0.15, 0.2) is 0 Å². The minimum absolute atomic E-state index is 0.250. The summed E-state index contributed by atoms with van der Waals surface area (Å²) in [7, 11) is 0. The second-order valence-corrected chi connectivity index (χ2v) is 5.04. The van der Waals surface area contributed by atoms with Crippen molar-refractivity contribution in [2.45, 2.75) is 10.1 Å². The van der Waals surface area contributed by atoms with Crippen LogP contribution in [0.3, 0.4) is 0 Å². The van der Waals surface area contributed by atoms with Gasteiger partial charge in [-0.2, -0.15) is 0 Å². The van der Waals surface area contributed by atoms with Crippen LogP contribution in [0.5, 0.6) is 0 Å². The molecule has 2 rings (SSSR count). The van der Waals surface area contributed by atoms with Crippen molar-refractivity contribution >= 4 is 11.8 Å². The molecule has 0 amide bonds. The van der Waals surface area contributed by atoms with Crippen molar-refractivity contribution < 1.29 is 8.78 Å². The fraction of sp³-hybridized carbons (Fsp3) is 0.143. The summed E-state index contributed by atoms with van der Waals surface area (Å²) in [6.07, 6.45) is 0. The lowest BCUT2D eigenvalue weighted by Gasteiger charge is -2.15. The molecule has 0 fully saturated rings. The summed E-state index contributed by atoms with van der Waals surface area (Å²) >= 11 is 1.24. The van der Waals surface area contributed by atoms with E-state index >= 15 is 0 Å². The number of hydrogen-bond acceptors (Lipinski definition) is 2. The van der Waals surface area contributed by atoms with Crippen molar-refractivity contribution in [1.82, 2.24) is 0 Å². The Balaban J connectivity index is 2.26. The minimum Gasteiger partial charge on any atom is -0.329 e. The number of hydrogen-bond donors (Lipinski definition) is 1. The summed E-state index contributed by atoms with van der Waals surface area (Å²) in [5.41, 5.74) is 6.17. The van der Waals surface area contributed by atoms with Crippen molar-refractivity contribution in [3.63, 3.8) is 0 Å². The van der Waals surface area contributed by atoms with E-state index in [4.69, 9.17) is 5.73 Å². The molecule has 94 valence electrons. The fourth-order valence-electron chi connectivity index (χ4n) is 1.67. The summed E-state index contributed by atoms with van der Waals surface area (Å²) < 4.78 is 27.2. The highest BCUT2D eigenvalue weighted by molar-refractivity contribution is 7.99. The van der Waals surface area contributed by atoms with Gasteiger partial charge in [-0.25, -0.2) is 8.78 Å². The lowest BCUT2D eigenvalue weighted by molar-refractivity contribution is 0.598. The molecule has 0 aliphatic heterocycles. The smallest absolute Gasteiger partial charge is 0.136 e. The summed E-state index contributed by atoms with van der Waals surface area (Å²) in [5.74, 6) is -0.617. The van der Waals surface area contributed by atoms with Crippen LogP contribution in [0, 0.1) is 11.6 Å². The molecule has 0 bridgehead atoms. The van der Waals surface area contributed by atoms with Gasteiger partial charge >= 0.3 is 0 Å². The van der Waals surface area contributed by atoms with Crippen LogP contribution in [0.4, 0.5) is 8.78 Å². The third-order valence-corrected chi connectivity index (χ3v) is 3.89. The second-order valence-electron chi connectivity index (χ2n) is 3.79. The van der Waals surface area contributed by atoms with Gasteiger partial charge in [-0.15, -0.1) is 11.8 Å². The Morgan fingerprint density at radius 2 is 1.56 bits per heavy atom. The maximum Gasteiger partial charge on any atom is 0.136 e. The summed E-state index contributed by atoms with van der Waals surface area (Å²) in [6.45, 7) is 0.250. The number of benzene rings is 2. The normalized spacial score (nSPS) is 12.4. The van der Waals surface area contributed by atoms with Gasteiger partial charge in [-0.3, -0.25) is 0 Å². The molecular weight excluding hydrogens is 252 g/mol. The topological polar surface area (TPSA) is 26.0 Å². The largest absolute Gasteiger partial charge is 0.329 e. The average Bonchev–Trinajstić information content (AvgIpc) is 2.39. The molecule has 0 saturated carbocycles. The zero-order valence-electron chi connectivity index (χ0n) is 9.64. The molecule has 4 heteroatoms. The Kier molecular flexibility index (Phi) is 4.33. The minimum atomic E-state index is -0.309. The number of nitrogens with two attached hydrogens (primary N) is 1. The molecule has 2 aromatic carbocycles. The van der Waals surface area contributed by atoms with Gasteiger partial charge in [0.05, 0.1) is 0 Å². The lowest BCUT2D eigenvalue weighted by atomic mass is 10.1. The molecule has 1 unspecified atom stereocenters. The van der Waals surface area contributed by atoms with Crippen LogP contribution in [-0.4, -0.2) is 6.54 Å². The van der Waals surface area contributed by atoms with Gasteiger partial charge < -0.3 is 5.73 Å². The predicted molar refractivity (Wildman–Crippen MR) is 70.5 cm³/mol. The Labute approximate surface area is 109 Å². The first kappa shape index (κ1) is 13.1. The summed E-state index contributed by atoms with van der Waals surface area (Å²) in [4.78, 5) is 0.483. The van der Waals surface area contributed by atoms with Crippen molar-refractivity contribution in [1.29, 1.82) is 0 Å². The molecule has 18 heavy (non-hydrogen) atoms. The fourth-order valence-corrected chi connectivity index (χ4v) is 2.73. The summed E-state index contributed by atoms with van der Waals surface area (Å²) in [6, 6.07) is 12.9. The van der Waals surface area contributed by atoms with Crippen LogP contribution in [0.2, 0.25) is 0 Å². The van der Waals surface area contributed by atoms with Crippen molar-refractivity contribution in [3.8, 4) is 0 Å². The van der Waals surface area contributed by atoms with E-state index in [1.807, 2.05) is 0 Å². The van der Waals surface area contributed by atoms with Crippen molar-refractivity contribution in [2.75, 3.05) is 6.54 Å². The number of rotatable bonds is 4. The first-order valence-electron chi connectivity index (χ1n) is 5.58. The highest BCUT2D eigenvalue weighted by atomic mass is 32.2. The van der Waals surface area contributed by atoms with Crippen LogP contribution >= 0.6 is 11.8 Å². The Morgan fingerprint density at radius 3 is 2.17 bits per heavy atom. The number of halogens is 2. The summed E-state index contributed by atoms with van der Waals surface area (Å²) in [5, 5.41) is -0.289. The van der Waals surface area contributed by atoms with E-state index in [-0.39, 0.29) is 23.4 Å². The maximum absolute atomic E-state index is 13.7. The third kappa shape index (κ3) is 2.89. The maximum atomic E-state index is 13.7. The van der Waals surface area contributed by atoms with Crippen LogP contribution in [0.15, 0.2) is 53.4 Å². The molecule has 2 N–H and O–H groups in total. The lowest BCUT2D eigenvalue weighted by Crippen LogP contribution is -2.11. The molecule has 0 spiro atoms. The van der Waals surface area contributed by atoms with Crippen molar-refractivity contribution in [3.05, 3.63) is 65.7 Å². The highest BCUT2D eigenvalue weighted by Gasteiger charge is 2.16. The molecule has 0 aliphatic rings. The van der Waals surface area contributed by atoms with E-state index in [0.29, 0.717) is 10.5 Å². The van der Waals surface area contributed by atoms with E-state index < -0.39 is 0 Å². The van der Waals surface area contributed by atoms with E-state index in [9.17, 15) is 8.78 Å². The quantitative estimate of drug-likeness (QED) is 0.852. The van der Waals surface area contributed by atoms with Crippen LogP contribution in [0.1, 0.15) is 10.8 Å². The molecule has 0 heterocycles. The Bertz CT molecular complexity index is 531. The van der Waals surface area contributed by atoms with Gasteiger partial charge in [0.1, 0.15) is 11.6 Å². The SMILES string of the molecule is NCC(Sc1ccccc1F)c1ccccc1F. The van der Waals surface area contributed by atoms with Gasteiger partial charge in [0, 0.05) is 22.3 Å². The van der Waals surface area contributed by atoms with E-state index in [2.05, 4.69) is 0 Å². The van der Waals surface area contributed by atoms with E-state index in [1.165, 1.54) is 23.9 Å². The van der Waals surface area contributed by atoms with Crippen LogP contribution < -0.4 is 5.73 Å². The van der Waals surface area contributed by atoms with E-state index in [1.54, 1.807) is 36.4 Å². The van der Waals surface area contributed by atoms with E-state index in [0.717, 1.165) is 0 Å². The zero-order valence-corrected chi connectivity index (χ0v) is 10.5. The number of thioether (sulfide) groups is 1. The van der Waals surface area contributed by atoms with Gasteiger partial charge in [0.2, 0.25) is 0 Å². The first-order valence-corrected chi connectivity index (χ1v) is 6.46. The van der Waals surface area contributed by atoms with Crippen LogP contribution in [0.25, 0.3) is 0 Å². The first-order chi connectivity index (χ1) is 8.72. The van der Waals surface area contributed by atoms with Crippen molar-refractivity contribution in [2.24, 2.45) is 5.73 Å². The molecule has 0 saturated heterocycles. The molecule has 0 aliphatic carbocycles. The highest BCUT2D eigenvalue weighted by Crippen LogP contribution is 2.36. The monoisotopic (exact) mass is 265 g/mol. The average molecular weight is 265 g/mol. The predicted octanol–water partition coefficient (Wildman–Crippen LogP) is 3.76. The molecule has 2 aromatic rings. The second kappa shape index (κ2) is 5.98. The Hall–Kier alpha value is -1.39. The van der Waals surface area contributed by atoms with Gasteiger partial charge in [0.25, 0.3) is 0 Å². The molecule has 1 nitrogen and oxygen atoms in total. The molecule has 0 radical (unpaired) electrons. The molecular formula is C14H13F2NS.